The molecule has 0 spiro atoms. The second-order valence-corrected chi connectivity index (χ2v) is 4.90. The molecule has 5 nitrogen and oxygen atoms in total. The molecular weight excluding hydrogens is 292 g/mol. The molecule has 1 aromatic heterocycles. The lowest BCUT2D eigenvalue weighted by molar-refractivity contribution is 0.0918. The molecule has 0 bridgehead atoms. The standard InChI is InChI=1S/C18H16N2O3/c1-22-17-10-6-5-9-14(17)15-11-18(20-19-15)23-12-16(21)13-7-3-2-4-8-13/h2-11H,12H2,1H3,(H,19,20). The van der Waals surface area contributed by atoms with Gasteiger partial charge in [0.1, 0.15) is 5.75 Å². The maximum absolute atomic E-state index is 12.0. The number of ether oxygens (including phenoxy) is 2. The van der Waals surface area contributed by atoms with Crippen LogP contribution in [0.5, 0.6) is 11.6 Å². The Morgan fingerprint density at radius 2 is 1.83 bits per heavy atom. The van der Waals surface area contributed by atoms with Gasteiger partial charge in [0.2, 0.25) is 5.88 Å². The lowest BCUT2D eigenvalue weighted by Crippen LogP contribution is -2.11. The first-order valence-electron chi connectivity index (χ1n) is 7.18. The molecule has 3 rings (SSSR count). The zero-order valence-electron chi connectivity index (χ0n) is 12.7. The van der Waals surface area contributed by atoms with Crippen molar-refractivity contribution >= 4 is 5.78 Å². The predicted octanol–water partition coefficient (Wildman–Crippen LogP) is 3.35. The topological polar surface area (TPSA) is 64.2 Å². The molecule has 0 aliphatic carbocycles. The van der Waals surface area contributed by atoms with Gasteiger partial charge in [-0.3, -0.25) is 9.89 Å². The van der Waals surface area contributed by atoms with Gasteiger partial charge in [0.05, 0.1) is 12.8 Å². The molecule has 23 heavy (non-hydrogen) atoms. The molecule has 0 saturated carbocycles. The van der Waals surface area contributed by atoms with E-state index in [9.17, 15) is 4.79 Å². The Kier molecular flexibility index (Phi) is 4.38. The molecule has 0 aliphatic rings. The van der Waals surface area contributed by atoms with Crippen LogP contribution in [0.2, 0.25) is 0 Å². The number of H-pyrrole nitrogens is 1. The predicted molar refractivity (Wildman–Crippen MR) is 86.8 cm³/mol. The fourth-order valence-electron chi connectivity index (χ4n) is 2.23. The van der Waals surface area contributed by atoms with E-state index in [1.54, 1.807) is 25.3 Å². The normalized spacial score (nSPS) is 10.3. The van der Waals surface area contributed by atoms with Gasteiger partial charge in [0.15, 0.2) is 12.4 Å². The maximum Gasteiger partial charge on any atom is 0.233 e. The average molecular weight is 308 g/mol. The summed E-state index contributed by atoms with van der Waals surface area (Å²) in [4.78, 5) is 12.0. The van der Waals surface area contributed by atoms with Gasteiger partial charge < -0.3 is 9.47 Å². The second kappa shape index (κ2) is 6.79. The van der Waals surface area contributed by atoms with Gasteiger partial charge in [-0.25, -0.2) is 0 Å². The number of aromatic nitrogens is 2. The molecule has 1 N–H and O–H groups in total. The summed E-state index contributed by atoms with van der Waals surface area (Å²) in [7, 11) is 1.62. The number of Topliss-reactive ketones (excluding diaryl/α,β-unsaturated/α-hetero) is 1. The molecule has 1 heterocycles. The van der Waals surface area contributed by atoms with Gasteiger partial charge in [-0.05, 0) is 12.1 Å². The van der Waals surface area contributed by atoms with E-state index in [1.807, 2.05) is 42.5 Å². The zero-order chi connectivity index (χ0) is 16.1. The van der Waals surface area contributed by atoms with Gasteiger partial charge in [0, 0.05) is 17.2 Å². The minimum atomic E-state index is -0.0903. The van der Waals surface area contributed by atoms with Gasteiger partial charge in [-0.2, -0.15) is 0 Å². The van der Waals surface area contributed by atoms with Crippen LogP contribution in [0.3, 0.4) is 0 Å². The maximum atomic E-state index is 12.0. The van der Waals surface area contributed by atoms with Crippen LogP contribution in [-0.2, 0) is 0 Å². The van der Waals surface area contributed by atoms with E-state index < -0.39 is 0 Å². The number of aromatic amines is 1. The molecular formula is C18H16N2O3. The summed E-state index contributed by atoms with van der Waals surface area (Å²) in [6.45, 7) is -0.0553. The van der Waals surface area contributed by atoms with Gasteiger partial charge in [-0.1, -0.05) is 42.5 Å². The fraction of sp³-hybridized carbons (Fsp3) is 0.111. The summed E-state index contributed by atoms with van der Waals surface area (Å²) in [5.41, 5.74) is 2.27. The van der Waals surface area contributed by atoms with Crippen LogP contribution in [-0.4, -0.2) is 29.7 Å². The molecule has 0 saturated heterocycles. The molecule has 3 aromatic rings. The molecule has 2 aromatic carbocycles. The lowest BCUT2D eigenvalue weighted by atomic mass is 10.1. The number of ketones is 1. The van der Waals surface area contributed by atoms with Crippen molar-refractivity contribution in [3.05, 3.63) is 66.2 Å². The molecule has 0 unspecified atom stereocenters. The number of hydrogen-bond donors (Lipinski definition) is 1. The molecule has 0 radical (unpaired) electrons. The van der Waals surface area contributed by atoms with Gasteiger partial charge in [0.25, 0.3) is 0 Å². The van der Waals surface area contributed by atoms with Gasteiger partial charge >= 0.3 is 0 Å². The number of nitrogens with zero attached hydrogens (tertiary/aromatic N) is 1. The third-order valence-electron chi connectivity index (χ3n) is 3.40. The van der Waals surface area contributed by atoms with E-state index in [2.05, 4.69) is 10.2 Å². The number of nitrogens with one attached hydrogen (secondary N) is 1. The van der Waals surface area contributed by atoms with Crippen LogP contribution in [0.4, 0.5) is 0 Å². The highest BCUT2D eigenvalue weighted by molar-refractivity contribution is 5.97. The largest absolute Gasteiger partial charge is 0.496 e. The first-order valence-corrected chi connectivity index (χ1v) is 7.18. The summed E-state index contributed by atoms with van der Waals surface area (Å²) in [6.07, 6.45) is 0. The third kappa shape index (κ3) is 3.40. The highest BCUT2D eigenvalue weighted by Gasteiger charge is 2.11. The van der Waals surface area contributed by atoms with Crippen LogP contribution in [0.15, 0.2) is 60.7 Å². The van der Waals surface area contributed by atoms with Crippen LogP contribution >= 0.6 is 0 Å². The molecule has 0 fully saturated rings. The lowest BCUT2D eigenvalue weighted by Gasteiger charge is -2.05. The van der Waals surface area contributed by atoms with E-state index in [4.69, 9.17) is 9.47 Å². The quantitative estimate of drug-likeness (QED) is 0.709. The van der Waals surface area contributed by atoms with Crippen molar-refractivity contribution < 1.29 is 14.3 Å². The molecule has 0 amide bonds. The highest BCUT2D eigenvalue weighted by Crippen LogP contribution is 2.29. The molecule has 0 aliphatic heterocycles. The third-order valence-corrected chi connectivity index (χ3v) is 3.40. The van der Waals surface area contributed by atoms with E-state index in [0.717, 1.165) is 17.0 Å². The average Bonchev–Trinajstić information content (AvgIpc) is 3.09. The monoisotopic (exact) mass is 308 g/mol. The number of benzene rings is 2. The molecule has 116 valence electrons. The van der Waals surface area contributed by atoms with Crippen LogP contribution in [0.25, 0.3) is 11.3 Å². The summed E-state index contributed by atoms with van der Waals surface area (Å²) in [5, 5.41) is 6.97. The Balaban J connectivity index is 1.69. The number of methoxy groups -OCH3 is 1. The van der Waals surface area contributed by atoms with Crippen molar-refractivity contribution in [2.45, 2.75) is 0 Å². The number of carbonyl (C=O) groups is 1. The Hall–Kier alpha value is -3.08. The summed E-state index contributed by atoms with van der Waals surface area (Å²) in [6, 6.07) is 18.4. The molecule has 0 atom stereocenters. The number of carbonyl (C=O) groups excluding carboxylic acids is 1. The summed E-state index contributed by atoms with van der Waals surface area (Å²) in [5.74, 6) is 1.02. The van der Waals surface area contributed by atoms with Crippen molar-refractivity contribution in [2.24, 2.45) is 0 Å². The number of hydrogen-bond acceptors (Lipinski definition) is 4. The van der Waals surface area contributed by atoms with E-state index in [0.29, 0.717) is 11.4 Å². The van der Waals surface area contributed by atoms with Crippen LogP contribution in [0.1, 0.15) is 10.4 Å². The molecule has 5 heteroatoms. The Morgan fingerprint density at radius 1 is 1.09 bits per heavy atom. The van der Waals surface area contributed by atoms with E-state index in [-0.39, 0.29) is 12.4 Å². The minimum absolute atomic E-state index is 0.0553. The minimum Gasteiger partial charge on any atom is -0.496 e. The SMILES string of the molecule is COc1ccccc1-c1cc(OCC(=O)c2ccccc2)n[nH]1. The summed E-state index contributed by atoms with van der Waals surface area (Å²) >= 11 is 0. The van der Waals surface area contributed by atoms with Crippen molar-refractivity contribution in [2.75, 3.05) is 13.7 Å². The Morgan fingerprint density at radius 3 is 2.61 bits per heavy atom. The van der Waals surface area contributed by atoms with Crippen LogP contribution in [0, 0.1) is 0 Å². The van der Waals surface area contributed by atoms with Crippen LogP contribution < -0.4 is 9.47 Å². The Bertz CT molecular complexity index is 797. The highest BCUT2D eigenvalue weighted by atomic mass is 16.5. The number of para-hydroxylation sites is 1. The smallest absolute Gasteiger partial charge is 0.233 e. The second-order valence-electron chi connectivity index (χ2n) is 4.90. The van der Waals surface area contributed by atoms with Gasteiger partial charge in [-0.15, -0.1) is 5.10 Å². The Labute approximate surface area is 133 Å². The first kappa shape index (κ1) is 14.8. The zero-order valence-corrected chi connectivity index (χ0v) is 12.7. The van der Waals surface area contributed by atoms with Crippen molar-refractivity contribution in [1.82, 2.24) is 10.2 Å². The van der Waals surface area contributed by atoms with Crippen molar-refractivity contribution in [1.29, 1.82) is 0 Å². The number of rotatable bonds is 6. The van der Waals surface area contributed by atoms with Crippen molar-refractivity contribution in [3.8, 4) is 22.9 Å². The van der Waals surface area contributed by atoms with E-state index >= 15 is 0 Å². The fourth-order valence-corrected chi connectivity index (χ4v) is 2.23. The first-order chi connectivity index (χ1) is 11.3. The van der Waals surface area contributed by atoms with Crippen molar-refractivity contribution in [3.63, 3.8) is 0 Å². The van der Waals surface area contributed by atoms with E-state index in [1.165, 1.54) is 0 Å². The summed E-state index contributed by atoms with van der Waals surface area (Å²) < 4.78 is 10.8.